The van der Waals surface area contributed by atoms with Crippen LogP contribution in [0.4, 0.5) is 28.4 Å². The second-order valence-corrected chi connectivity index (χ2v) is 12.0. The number of aromatic hydroxyl groups is 1. The molecule has 6 heteroatoms. The predicted octanol–water partition coefficient (Wildman–Crippen LogP) is 11.4. The Morgan fingerprint density at radius 3 is 1.70 bits per heavy atom. The molecule has 0 aliphatic rings. The highest BCUT2D eigenvalue weighted by Gasteiger charge is 2.18. The highest BCUT2D eigenvalue weighted by Crippen LogP contribution is 2.39. The lowest BCUT2D eigenvalue weighted by Gasteiger charge is -2.25. The van der Waals surface area contributed by atoms with Gasteiger partial charge in [-0.05, 0) is 95.1 Å². The van der Waals surface area contributed by atoms with Gasteiger partial charge < -0.3 is 15.3 Å². The number of phenols is 1. The van der Waals surface area contributed by atoms with Crippen LogP contribution in [0.3, 0.4) is 0 Å². The summed E-state index contributed by atoms with van der Waals surface area (Å²) in [5.74, 6) is -0.600. The van der Waals surface area contributed by atoms with Gasteiger partial charge in [0, 0.05) is 35.2 Å². The van der Waals surface area contributed by atoms with Gasteiger partial charge in [0.2, 0.25) is 0 Å². The number of benzene rings is 7. The number of nitrogens with one attached hydrogen (secondary N) is 1. The number of nitrogens with zero attached hydrogens (tertiary/aromatic N) is 3. The molecule has 244 valence electrons. The van der Waals surface area contributed by atoms with Gasteiger partial charge in [0.05, 0.1) is 5.56 Å². The Morgan fingerprint density at radius 2 is 1.12 bits per heavy atom. The highest BCUT2D eigenvalue weighted by atomic mass is 16.3. The summed E-state index contributed by atoms with van der Waals surface area (Å²) < 4.78 is 0. The third-order valence-corrected chi connectivity index (χ3v) is 8.80. The number of para-hydroxylation sites is 2. The predicted molar refractivity (Wildman–Crippen MR) is 204 cm³/mol. The van der Waals surface area contributed by atoms with Crippen molar-refractivity contribution in [2.75, 3.05) is 17.3 Å². The van der Waals surface area contributed by atoms with Crippen LogP contribution in [0.2, 0.25) is 0 Å². The number of carbonyl (C=O) groups is 1. The monoisotopic (exact) mass is 652 g/mol. The van der Waals surface area contributed by atoms with Gasteiger partial charge in [-0.25, -0.2) is 0 Å². The molecule has 6 nitrogen and oxygen atoms in total. The fourth-order valence-corrected chi connectivity index (χ4v) is 6.20. The van der Waals surface area contributed by atoms with Gasteiger partial charge >= 0.3 is 0 Å². The Labute approximate surface area is 292 Å². The normalized spacial score (nSPS) is 11.1. The van der Waals surface area contributed by atoms with E-state index in [1.165, 1.54) is 29.3 Å². The van der Waals surface area contributed by atoms with Crippen LogP contribution >= 0.6 is 0 Å². The van der Waals surface area contributed by atoms with Gasteiger partial charge in [-0.2, -0.15) is 10.2 Å². The van der Waals surface area contributed by atoms with Crippen LogP contribution in [0.25, 0.3) is 21.9 Å². The van der Waals surface area contributed by atoms with Gasteiger partial charge in [0.1, 0.15) is 5.69 Å². The lowest BCUT2D eigenvalue weighted by molar-refractivity contribution is 0.102. The molecule has 1 amide bonds. The zero-order chi connectivity index (χ0) is 34.3. The number of hydrogen-bond acceptors (Lipinski definition) is 5. The summed E-state index contributed by atoms with van der Waals surface area (Å²) in [7, 11) is 1.53. The molecule has 0 unspecified atom stereocenters. The zero-order valence-electron chi connectivity index (χ0n) is 27.7. The van der Waals surface area contributed by atoms with Crippen molar-refractivity contribution in [2.45, 2.75) is 12.8 Å². The molecule has 0 fully saturated rings. The Bertz CT molecular complexity index is 2210. The third-order valence-electron chi connectivity index (χ3n) is 8.80. The van der Waals surface area contributed by atoms with Crippen molar-refractivity contribution < 1.29 is 9.90 Å². The molecule has 0 heterocycles. The molecule has 7 aromatic carbocycles. The summed E-state index contributed by atoms with van der Waals surface area (Å²) in [5.41, 5.74) is 9.19. The second kappa shape index (κ2) is 14.7. The molecule has 0 aliphatic heterocycles. The van der Waals surface area contributed by atoms with Crippen LogP contribution in [0.1, 0.15) is 21.5 Å². The number of phenolic OH excluding ortho intramolecular Hbond substituents is 1. The second-order valence-electron chi connectivity index (χ2n) is 12.0. The maximum Gasteiger partial charge on any atom is 0.259 e. The van der Waals surface area contributed by atoms with Crippen molar-refractivity contribution in [1.82, 2.24) is 0 Å². The molecule has 0 bridgehead atoms. The first-order valence-corrected chi connectivity index (χ1v) is 16.6. The first-order valence-electron chi connectivity index (χ1n) is 16.6. The maximum atomic E-state index is 13.2. The summed E-state index contributed by atoms with van der Waals surface area (Å²) in [4.78, 5) is 15.4. The first kappa shape index (κ1) is 32.0. The highest BCUT2D eigenvalue weighted by molar-refractivity contribution is 6.11. The number of fused-ring (bicyclic) bond motifs is 1. The Kier molecular flexibility index (Phi) is 9.42. The van der Waals surface area contributed by atoms with Gasteiger partial charge in [0.25, 0.3) is 5.91 Å². The van der Waals surface area contributed by atoms with Gasteiger partial charge in [0.15, 0.2) is 5.75 Å². The largest absolute Gasteiger partial charge is 0.505 e. The van der Waals surface area contributed by atoms with E-state index in [1.54, 1.807) is 6.07 Å². The molecule has 0 aliphatic carbocycles. The molecule has 0 saturated heterocycles. The molecule has 0 saturated carbocycles. The van der Waals surface area contributed by atoms with Crippen LogP contribution in [0, 0.1) is 0 Å². The lowest BCUT2D eigenvalue weighted by atomic mass is 10.00. The molecule has 7 rings (SSSR count). The van der Waals surface area contributed by atoms with E-state index in [0.29, 0.717) is 5.69 Å². The minimum Gasteiger partial charge on any atom is -0.505 e. The van der Waals surface area contributed by atoms with Crippen molar-refractivity contribution in [3.8, 4) is 16.9 Å². The Hall–Kier alpha value is -6.53. The van der Waals surface area contributed by atoms with Crippen molar-refractivity contribution in [3.63, 3.8) is 0 Å². The van der Waals surface area contributed by atoms with E-state index >= 15 is 0 Å². The minimum atomic E-state index is -0.409. The molecule has 0 spiro atoms. The van der Waals surface area contributed by atoms with Crippen molar-refractivity contribution >= 4 is 45.1 Å². The van der Waals surface area contributed by atoms with Crippen LogP contribution in [0.5, 0.6) is 5.75 Å². The van der Waals surface area contributed by atoms with E-state index in [-0.39, 0.29) is 17.0 Å². The summed E-state index contributed by atoms with van der Waals surface area (Å²) in [6.07, 6.45) is 1.77. The quantitative estimate of drug-likeness (QED) is 0.144. The fourth-order valence-electron chi connectivity index (χ4n) is 6.20. The molecular formula is C44H36N4O2. The number of aryl methyl sites for hydroxylation is 2. The van der Waals surface area contributed by atoms with E-state index in [0.717, 1.165) is 40.7 Å². The topological polar surface area (TPSA) is 77.3 Å². The zero-order valence-corrected chi connectivity index (χ0v) is 27.7. The van der Waals surface area contributed by atoms with Gasteiger partial charge in [-0.1, -0.05) is 109 Å². The van der Waals surface area contributed by atoms with Crippen LogP contribution < -0.4 is 10.2 Å². The van der Waals surface area contributed by atoms with Crippen LogP contribution in [-0.2, 0) is 12.8 Å². The van der Waals surface area contributed by atoms with Crippen molar-refractivity contribution in [2.24, 2.45) is 10.2 Å². The molecule has 2 N–H and O–H groups in total. The number of amides is 1. The van der Waals surface area contributed by atoms with Crippen molar-refractivity contribution in [3.05, 3.63) is 180 Å². The number of carbonyl (C=O) groups excluding carboxylic acids is 1. The summed E-state index contributed by atoms with van der Waals surface area (Å²) in [6.45, 7) is 0. The first-order chi connectivity index (χ1) is 24.6. The molecule has 7 aromatic rings. The number of anilines is 4. The molecule has 0 atom stereocenters. The van der Waals surface area contributed by atoms with E-state index in [9.17, 15) is 9.90 Å². The molecule has 0 aromatic heterocycles. The number of rotatable bonds is 10. The van der Waals surface area contributed by atoms with E-state index in [4.69, 9.17) is 0 Å². The smallest absolute Gasteiger partial charge is 0.259 e. The molecular weight excluding hydrogens is 617 g/mol. The fraction of sp³-hybridized carbons (Fsp3) is 0.0682. The molecule has 50 heavy (non-hydrogen) atoms. The summed E-state index contributed by atoms with van der Waals surface area (Å²) in [6, 6.07) is 55.3. The van der Waals surface area contributed by atoms with Crippen LogP contribution in [0.15, 0.2) is 174 Å². The van der Waals surface area contributed by atoms with Gasteiger partial charge in [-0.3, -0.25) is 4.79 Å². The minimum absolute atomic E-state index is 0.149. The van der Waals surface area contributed by atoms with E-state index in [2.05, 4.69) is 118 Å². The summed E-state index contributed by atoms with van der Waals surface area (Å²) >= 11 is 0. The lowest BCUT2D eigenvalue weighted by Crippen LogP contribution is -2.12. The van der Waals surface area contributed by atoms with Crippen molar-refractivity contribution in [1.29, 1.82) is 0 Å². The number of hydrogen-bond donors (Lipinski definition) is 2. The average molecular weight is 653 g/mol. The van der Waals surface area contributed by atoms with E-state index < -0.39 is 5.91 Å². The Morgan fingerprint density at radius 1 is 0.620 bits per heavy atom. The molecule has 0 radical (unpaired) electrons. The van der Waals surface area contributed by atoms with Gasteiger partial charge in [-0.15, -0.1) is 0 Å². The SMILES string of the molecule is CN=Nc1c(O)c(C(=O)Nc2ccc(CCc3ccc(-c4ccc(N(c5ccccc5)c5ccccc5)cc4)cc3)cc2)cc2ccccc12. The third kappa shape index (κ3) is 7.00. The Balaban J connectivity index is 0.984. The maximum absolute atomic E-state index is 13.2. The van der Waals surface area contributed by atoms with Crippen LogP contribution in [-0.4, -0.2) is 18.1 Å². The summed E-state index contributed by atoms with van der Waals surface area (Å²) in [5, 5.41) is 23.2. The number of azo groups is 1. The van der Waals surface area contributed by atoms with E-state index in [1.807, 2.05) is 60.7 Å². The average Bonchev–Trinajstić information content (AvgIpc) is 3.17. The standard InChI is InChI=1S/C44H36N4O2/c1-45-47-42-40-15-9-8-10-35(40)30-41(43(42)49)44(50)46-36-26-20-32(21-27-36)17-16-31-18-22-33(23-19-31)34-24-28-39(29-25-34)48(37-11-4-2-5-12-37)38-13-6-3-7-14-38/h2-15,18-30,49H,16-17H2,1H3,(H,46,50).